The number of carbonyl (C=O) groups excluding carboxylic acids is 3. The number of ether oxygens (including phenoxy) is 2. The molecule has 0 fully saturated rings. The molecule has 8 heteroatoms. The molecule has 164 valence electrons. The number of likely N-dealkylation sites (N-methyl/N-ethyl adjacent to an activating group) is 1. The fourth-order valence-electron chi connectivity index (χ4n) is 2.57. The van der Waals surface area contributed by atoms with Crippen LogP contribution in [0.4, 0.5) is 4.79 Å². The lowest BCUT2D eigenvalue weighted by Crippen LogP contribution is -2.45. The van der Waals surface area contributed by atoms with Crippen LogP contribution >= 0.6 is 0 Å². The van der Waals surface area contributed by atoms with Crippen LogP contribution in [0.2, 0.25) is 0 Å². The standard InChI is InChI=1S/C21H35N3O5/c1-16-13-11-9-7-6-8-10-12-14-17(25)22-19(24(5)15-18(26)28-16)23-20(27)29-21(2,3)4/h11,13,16H,6-10,12,14-15H2,1-5H3,(H,22,23,25,27)/b13-11+/i5D3. The van der Waals surface area contributed by atoms with Crippen LogP contribution in [0.1, 0.15) is 76.8 Å². The fraction of sp³-hybridized carbons (Fsp3) is 0.714. The number of carbonyl (C=O) groups is 3. The summed E-state index contributed by atoms with van der Waals surface area (Å²) in [6.45, 7) is 2.92. The Hall–Kier alpha value is -2.38. The molecule has 0 saturated carbocycles. The first-order chi connectivity index (χ1) is 14.8. The largest absolute Gasteiger partial charge is 0.457 e. The summed E-state index contributed by atoms with van der Waals surface area (Å²) in [6.07, 6.45) is 7.42. The average molecular weight is 413 g/mol. The van der Waals surface area contributed by atoms with Crippen molar-refractivity contribution in [1.82, 2.24) is 10.2 Å². The molecule has 1 aliphatic rings. The minimum Gasteiger partial charge on any atom is -0.457 e. The average Bonchev–Trinajstić information content (AvgIpc) is 2.61. The predicted molar refractivity (Wildman–Crippen MR) is 111 cm³/mol. The zero-order chi connectivity index (χ0) is 24.4. The van der Waals surface area contributed by atoms with Gasteiger partial charge in [-0.2, -0.15) is 0 Å². The van der Waals surface area contributed by atoms with Crippen LogP contribution in [0.25, 0.3) is 0 Å². The lowest BCUT2D eigenvalue weighted by atomic mass is 10.1. The van der Waals surface area contributed by atoms with Crippen LogP contribution < -0.4 is 5.32 Å². The molecule has 0 aromatic heterocycles. The van der Waals surface area contributed by atoms with Crippen molar-refractivity contribution in [2.24, 2.45) is 4.99 Å². The van der Waals surface area contributed by atoms with E-state index in [0.717, 1.165) is 32.1 Å². The highest BCUT2D eigenvalue weighted by molar-refractivity contribution is 6.01. The second-order valence-corrected chi connectivity index (χ2v) is 7.98. The van der Waals surface area contributed by atoms with E-state index in [2.05, 4.69) is 10.3 Å². The molecule has 0 radical (unpaired) electrons. The molecule has 0 aliphatic carbocycles. The van der Waals surface area contributed by atoms with Gasteiger partial charge in [-0.15, -0.1) is 4.99 Å². The van der Waals surface area contributed by atoms with Gasteiger partial charge in [0.1, 0.15) is 18.2 Å². The maximum atomic E-state index is 12.4. The van der Waals surface area contributed by atoms with Crippen molar-refractivity contribution in [2.75, 3.05) is 13.5 Å². The third-order valence-electron chi connectivity index (χ3n) is 3.88. The molecule has 2 amide bonds. The van der Waals surface area contributed by atoms with Gasteiger partial charge < -0.3 is 14.4 Å². The fourth-order valence-corrected chi connectivity index (χ4v) is 2.57. The number of esters is 1. The van der Waals surface area contributed by atoms with Gasteiger partial charge in [-0.1, -0.05) is 25.3 Å². The van der Waals surface area contributed by atoms with E-state index in [9.17, 15) is 14.4 Å². The molecule has 1 aliphatic heterocycles. The number of nitrogens with zero attached hydrogens (tertiary/aromatic N) is 2. The van der Waals surface area contributed by atoms with Crippen LogP contribution in [0.5, 0.6) is 0 Å². The molecule has 1 N–H and O–H groups in total. The normalized spacial score (nSPS) is 25.7. The molecule has 0 aromatic rings. The minimum absolute atomic E-state index is 0.129. The summed E-state index contributed by atoms with van der Waals surface area (Å²) < 4.78 is 33.8. The van der Waals surface area contributed by atoms with Gasteiger partial charge in [0.05, 0.1) is 0 Å². The highest BCUT2D eigenvalue weighted by Gasteiger charge is 2.21. The van der Waals surface area contributed by atoms with Crippen molar-refractivity contribution in [3.63, 3.8) is 0 Å². The second-order valence-electron chi connectivity index (χ2n) is 7.98. The van der Waals surface area contributed by atoms with E-state index in [0.29, 0.717) is 11.3 Å². The molecular formula is C21H35N3O5. The number of cyclic esters (lactones) is 1. The Bertz CT molecular complexity index is 714. The van der Waals surface area contributed by atoms with Crippen molar-refractivity contribution < 1.29 is 28.0 Å². The third kappa shape index (κ3) is 11.9. The van der Waals surface area contributed by atoms with Gasteiger partial charge in [0.15, 0.2) is 0 Å². The number of nitrogens with one attached hydrogen (secondary N) is 1. The quantitative estimate of drug-likeness (QED) is 0.483. The van der Waals surface area contributed by atoms with Crippen molar-refractivity contribution in [3.8, 4) is 0 Å². The Kier molecular flexibility index (Phi) is 8.41. The van der Waals surface area contributed by atoms with Crippen LogP contribution in [0.15, 0.2) is 17.1 Å². The minimum atomic E-state index is -2.88. The highest BCUT2D eigenvalue weighted by atomic mass is 16.6. The van der Waals surface area contributed by atoms with Crippen LogP contribution in [0.3, 0.4) is 0 Å². The first-order valence-electron chi connectivity index (χ1n) is 11.5. The molecule has 29 heavy (non-hydrogen) atoms. The van der Waals surface area contributed by atoms with E-state index in [4.69, 9.17) is 13.6 Å². The Labute approximate surface area is 177 Å². The van der Waals surface area contributed by atoms with Crippen LogP contribution in [-0.2, 0) is 19.1 Å². The van der Waals surface area contributed by atoms with Gasteiger partial charge in [0, 0.05) is 17.5 Å². The number of hydrogen-bond acceptors (Lipinski definition) is 5. The van der Waals surface area contributed by atoms with Gasteiger partial charge in [-0.05, 0) is 53.0 Å². The van der Waals surface area contributed by atoms with Gasteiger partial charge >= 0.3 is 12.1 Å². The zero-order valence-corrected chi connectivity index (χ0v) is 17.8. The van der Waals surface area contributed by atoms with E-state index in [-0.39, 0.29) is 6.42 Å². The second kappa shape index (κ2) is 12.2. The zero-order valence-electron chi connectivity index (χ0n) is 20.8. The maximum absolute atomic E-state index is 12.4. The summed E-state index contributed by atoms with van der Waals surface area (Å²) in [6, 6.07) is 0. The summed E-state index contributed by atoms with van der Waals surface area (Å²) in [4.78, 5) is 41.3. The van der Waals surface area contributed by atoms with Crippen LogP contribution in [0, 0.1) is 0 Å². The number of hydrogen-bond donors (Lipinski definition) is 1. The predicted octanol–water partition coefficient (Wildman–Crippen LogP) is 3.56. The van der Waals surface area contributed by atoms with Gasteiger partial charge in [-0.3, -0.25) is 14.9 Å². The first kappa shape index (κ1) is 19.9. The monoisotopic (exact) mass is 412 g/mol. The molecule has 1 unspecified atom stereocenters. The Morgan fingerprint density at radius 2 is 1.97 bits per heavy atom. The molecule has 1 heterocycles. The maximum Gasteiger partial charge on any atom is 0.437 e. The number of amides is 2. The lowest BCUT2D eigenvalue weighted by Gasteiger charge is -2.22. The van der Waals surface area contributed by atoms with E-state index >= 15 is 0 Å². The number of allylic oxidation sites excluding steroid dienone is 1. The molecule has 1 atom stereocenters. The summed E-state index contributed by atoms with van der Waals surface area (Å²) >= 11 is 0. The third-order valence-corrected chi connectivity index (χ3v) is 3.88. The molecule has 0 saturated heterocycles. The molecule has 0 bridgehead atoms. The Morgan fingerprint density at radius 1 is 1.28 bits per heavy atom. The molecule has 0 aromatic carbocycles. The SMILES string of the molecule is [2H]C([2H])([2H])N1CC(=O)OC(C)/C=C/CCCCCCCC(=O)N/C1=N/C(=O)OC(C)(C)C. The summed E-state index contributed by atoms with van der Waals surface area (Å²) in [5, 5.41) is 2.37. The van der Waals surface area contributed by atoms with Crippen molar-refractivity contribution in [2.45, 2.75) is 84.3 Å². The summed E-state index contributed by atoms with van der Waals surface area (Å²) in [5.41, 5.74) is -0.881. The van der Waals surface area contributed by atoms with E-state index in [1.807, 2.05) is 6.08 Å². The van der Waals surface area contributed by atoms with E-state index in [1.54, 1.807) is 33.8 Å². The van der Waals surface area contributed by atoms with Crippen molar-refractivity contribution in [1.29, 1.82) is 0 Å². The molecular weight excluding hydrogens is 374 g/mol. The molecule has 8 nitrogen and oxygen atoms in total. The van der Waals surface area contributed by atoms with Gasteiger partial charge in [0.25, 0.3) is 0 Å². The van der Waals surface area contributed by atoms with E-state index < -0.39 is 49.2 Å². The number of rotatable bonds is 0. The summed E-state index contributed by atoms with van der Waals surface area (Å²) in [5.74, 6) is -1.92. The Balaban J connectivity index is 3.22. The van der Waals surface area contributed by atoms with Crippen molar-refractivity contribution in [3.05, 3.63) is 12.2 Å². The van der Waals surface area contributed by atoms with E-state index in [1.165, 1.54) is 0 Å². The van der Waals surface area contributed by atoms with Crippen LogP contribution in [-0.4, -0.2) is 54.1 Å². The molecule has 1 rings (SSSR count). The molecule has 0 spiro atoms. The smallest absolute Gasteiger partial charge is 0.437 e. The number of aliphatic imine (C=N–C) groups is 1. The first-order valence-corrected chi connectivity index (χ1v) is 10.0. The Morgan fingerprint density at radius 3 is 2.66 bits per heavy atom. The highest BCUT2D eigenvalue weighted by Crippen LogP contribution is 2.10. The van der Waals surface area contributed by atoms with Crippen molar-refractivity contribution >= 4 is 23.9 Å². The number of guanidine groups is 1. The lowest BCUT2D eigenvalue weighted by molar-refractivity contribution is -0.146. The van der Waals surface area contributed by atoms with Gasteiger partial charge in [0.2, 0.25) is 11.9 Å². The topological polar surface area (TPSA) is 97.3 Å². The summed E-state index contributed by atoms with van der Waals surface area (Å²) in [7, 11) is 0. The van der Waals surface area contributed by atoms with Gasteiger partial charge in [-0.25, -0.2) is 4.79 Å².